The number of rotatable bonds is 2. The molecule has 0 radical (unpaired) electrons. The van der Waals surface area contributed by atoms with Crippen molar-refractivity contribution in [2.75, 3.05) is 0 Å². The zero-order valence-electron chi connectivity index (χ0n) is 13.2. The zero-order chi connectivity index (χ0) is 15.9. The molecule has 1 unspecified atom stereocenters. The summed E-state index contributed by atoms with van der Waals surface area (Å²) in [4.78, 5) is 13.1. The van der Waals surface area contributed by atoms with E-state index in [-0.39, 0.29) is 11.7 Å². The highest BCUT2D eigenvalue weighted by molar-refractivity contribution is 6.12. The molecule has 0 saturated carbocycles. The fourth-order valence-electron chi connectivity index (χ4n) is 3.67. The molecule has 2 heteroatoms. The van der Waals surface area contributed by atoms with E-state index in [1.54, 1.807) is 0 Å². The maximum Gasteiger partial charge on any atom is 0.193 e. The van der Waals surface area contributed by atoms with Gasteiger partial charge in [0.25, 0.3) is 0 Å². The molecule has 0 aromatic heterocycles. The minimum Gasteiger partial charge on any atom is -0.289 e. The Morgan fingerprint density at radius 2 is 1.86 bits per heavy atom. The van der Waals surface area contributed by atoms with E-state index < -0.39 is 0 Å². The molecule has 1 aliphatic carbocycles. The minimum atomic E-state index is -0.0667. The number of ketones is 1. The van der Waals surface area contributed by atoms with Crippen LogP contribution in [0.15, 0.2) is 30.3 Å². The quantitative estimate of drug-likeness (QED) is 0.769. The highest BCUT2D eigenvalue weighted by atomic mass is 16.1. The van der Waals surface area contributed by atoms with Gasteiger partial charge in [-0.3, -0.25) is 4.79 Å². The van der Waals surface area contributed by atoms with Gasteiger partial charge in [-0.25, -0.2) is 0 Å². The number of fused-ring (bicyclic) bond motifs is 1. The maximum absolute atomic E-state index is 13.1. The molecule has 2 nitrogen and oxygen atoms in total. The number of aryl methyl sites for hydroxylation is 3. The number of benzene rings is 2. The van der Waals surface area contributed by atoms with Crippen LogP contribution in [0.4, 0.5) is 0 Å². The molecule has 0 heterocycles. The molecule has 0 amide bonds. The van der Waals surface area contributed by atoms with Crippen LogP contribution in [0.3, 0.4) is 0 Å². The Labute approximate surface area is 131 Å². The molecule has 2 aromatic rings. The number of hydrogen-bond acceptors (Lipinski definition) is 2. The monoisotopic (exact) mass is 289 g/mol. The molecule has 0 bridgehead atoms. The lowest BCUT2D eigenvalue weighted by Crippen LogP contribution is -2.09. The van der Waals surface area contributed by atoms with E-state index in [1.165, 1.54) is 5.56 Å². The second-order valence-electron chi connectivity index (χ2n) is 6.20. The second-order valence-corrected chi connectivity index (χ2v) is 6.20. The standard InChI is InChI=1S/C20H19NO/c1-12-9-13(2)19(14(3)10-12)20(22)18-6-4-5-16-15(11-21)7-8-17(16)18/h4-6,9-10,15H,7-8H2,1-3H3. The van der Waals surface area contributed by atoms with Gasteiger partial charge in [0, 0.05) is 11.1 Å². The van der Waals surface area contributed by atoms with Crippen molar-refractivity contribution >= 4 is 5.78 Å². The van der Waals surface area contributed by atoms with E-state index in [2.05, 4.69) is 18.2 Å². The van der Waals surface area contributed by atoms with Crippen molar-refractivity contribution in [1.29, 1.82) is 5.26 Å². The summed E-state index contributed by atoms with van der Waals surface area (Å²) < 4.78 is 0. The lowest BCUT2D eigenvalue weighted by atomic mass is 9.89. The van der Waals surface area contributed by atoms with E-state index in [1.807, 2.05) is 39.0 Å². The van der Waals surface area contributed by atoms with Crippen molar-refractivity contribution in [2.24, 2.45) is 0 Å². The molecule has 3 rings (SSSR count). The third-order valence-electron chi connectivity index (χ3n) is 4.58. The Balaban J connectivity index is 2.13. The van der Waals surface area contributed by atoms with Gasteiger partial charge in [0.05, 0.1) is 12.0 Å². The normalized spacial score (nSPS) is 16.2. The van der Waals surface area contributed by atoms with Crippen LogP contribution in [-0.4, -0.2) is 5.78 Å². The van der Waals surface area contributed by atoms with E-state index in [9.17, 15) is 10.1 Å². The molecular formula is C20H19NO. The second kappa shape index (κ2) is 5.42. The number of nitrogens with zero attached hydrogens (tertiary/aromatic N) is 1. The molecule has 2 aromatic carbocycles. The average molecular weight is 289 g/mol. The van der Waals surface area contributed by atoms with Crippen molar-refractivity contribution < 1.29 is 4.79 Å². The Bertz CT molecular complexity index is 788. The molecule has 0 N–H and O–H groups in total. The van der Waals surface area contributed by atoms with Crippen LogP contribution in [0.1, 0.15) is 56.1 Å². The van der Waals surface area contributed by atoms with Crippen molar-refractivity contribution in [3.05, 3.63) is 69.3 Å². The van der Waals surface area contributed by atoms with Gasteiger partial charge < -0.3 is 0 Å². The first-order valence-electron chi connectivity index (χ1n) is 7.67. The SMILES string of the molecule is Cc1cc(C)c(C(=O)c2cccc3c2CCC3C#N)c(C)c1. The fraction of sp³-hybridized carbons (Fsp3) is 0.300. The van der Waals surface area contributed by atoms with Crippen molar-refractivity contribution in [3.63, 3.8) is 0 Å². The van der Waals surface area contributed by atoms with Gasteiger partial charge in [-0.1, -0.05) is 35.9 Å². The van der Waals surface area contributed by atoms with Crippen molar-refractivity contribution in [1.82, 2.24) is 0 Å². The van der Waals surface area contributed by atoms with Gasteiger partial charge in [-0.2, -0.15) is 5.26 Å². The van der Waals surface area contributed by atoms with Crippen LogP contribution in [-0.2, 0) is 6.42 Å². The molecule has 0 saturated heterocycles. The van der Waals surface area contributed by atoms with Gasteiger partial charge in [0.1, 0.15) is 0 Å². The maximum atomic E-state index is 13.1. The summed E-state index contributed by atoms with van der Waals surface area (Å²) in [5.41, 5.74) is 6.90. The van der Waals surface area contributed by atoms with Crippen LogP contribution in [0, 0.1) is 32.1 Å². The molecular weight excluding hydrogens is 270 g/mol. The first-order chi connectivity index (χ1) is 10.5. The molecule has 110 valence electrons. The summed E-state index contributed by atoms with van der Waals surface area (Å²) in [5, 5.41) is 9.24. The lowest BCUT2D eigenvalue weighted by molar-refractivity contribution is 0.103. The predicted molar refractivity (Wildman–Crippen MR) is 87.2 cm³/mol. The van der Waals surface area contributed by atoms with Gasteiger partial charge in [0.15, 0.2) is 5.78 Å². The Morgan fingerprint density at radius 3 is 2.50 bits per heavy atom. The molecule has 0 fully saturated rings. The third-order valence-corrected chi connectivity index (χ3v) is 4.58. The highest BCUT2D eigenvalue weighted by Crippen LogP contribution is 2.35. The number of carbonyl (C=O) groups excluding carboxylic acids is 1. The summed E-state index contributed by atoms with van der Waals surface area (Å²) in [6.45, 7) is 6.04. The third kappa shape index (κ3) is 2.23. The lowest BCUT2D eigenvalue weighted by Gasteiger charge is -2.13. The van der Waals surface area contributed by atoms with Crippen molar-refractivity contribution in [2.45, 2.75) is 39.5 Å². The van der Waals surface area contributed by atoms with Crippen LogP contribution in [0.5, 0.6) is 0 Å². The van der Waals surface area contributed by atoms with Gasteiger partial charge in [-0.15, -0.1) is 0 Å². The Kier molecular flexibility index (Phi) is 3.58. The summed E-state index contributed by atoms with van der Waals surface area (Å²) >= 11 is 0. The minimum absolute atomic E-state index is 0.0667. The number of carbonyl (C=O) groups is 1. The zero-order valence-corrected chi connectivity index (χ0v) is 13.2. The Morgan fingerprint density at radius 1 is 1.18 bits per heavy atom. The van der Waals surface area contributed by atoms with E-state index in [0.717, 1.165) is 46.2 Å². The highest BCUT2D eigenvalue weighted by Gasteiger charge is 2.27. The molecule has 0 aliphatic heterocycles. The molecule has 1 aliphatic rings. The topological polar surface area (TPSA) is 40.9 Å². The van der Waals surface area contributed by atoms with E-state index in [0.29, 0.717) is 0 Å². The van der Waals surface area contributed by atoms with Crippen LogP contribution >= 0.6 is 0 Å². The van der Waals surface area contributed by atoms with E-state index in [4.69, 9.17) is 0 Å². The number of nitriles is 1. The summed E-state index contributed by atoms with van der Waals surface area (Å²) in [6, 6.07) is 12.3. The first-order valence-corrected chi connectivity index (χ1v) is 7.67. The first kappa shape index (κ1) is 14.5. The fourth-order valence-corrected chi connectivity index (χ4v) is 3.67. The van der Waals surface area contributed by atoms with Gasteiger partial charge >= 0.3 is 0 Å². The van der Waals surface area contributed by atoms with Crippen LogP contribution in [0.2, 0.25) is 0 Å². The summed E-state index contributed by atoms with van der Waals surface area (Å²) in [6.07, 6.45) is 1.64. The van der Waals surface area contributed by atoms with Gasteiger partial charge in [-0.05, 0) is 55.9 Å². The average Bonchev–Trinajstić information content (AvgIpc) is 2.88. The molecule has 1 atom stereocenters. The molecule has 22 heavy (non-hydrogen) atoms. The number of hydrogen-bond donors (Lipinski definition) is 0. The summed E-state index contributed by atoms with van der Waals surface area (Å²) in [7, 11) is 0. The smallest absolute Gasteiger partial charge is 0.193 e. The largest absolute Gasteiger partial charge is 0.289 e. The summed E-state index contributed by atoms with van der Waals surface area (Å²) in [5.74, 6) is 0.0217. The van der Waals surface area contributed by atoms with Crippen LogP contribution < -0.4 is 0 Å². The predicted octanol–water partition coefficient (Wildman–Crippen LogP) is 4.40. The molecule has 0 spiro atoms. The van der Waals surface area contributed by atoms with Gasteiger partial charge in [0.2, 0.25) is 0 Å². The van der Waals surface area contributed by atoms with E-state index >= 15 is 0 Å². The van der Waals surface area contributed by atoms with Crippen LogP contribution in [0.25, 0.3) is 0 Å². The Hall–Kier alpha value is -2.40. The van der Waals surface area contributed by atoms with Crippen molar-refractivity contribution in [3.8, 4) is 6.07 Å².